The number of carbonyl (C=O) groups is 1. The molecule has 0 spiro atoms. The Bertz CT molecular complexity index is 444. The van der Waals surface area contributed by atoms with E-state index in [0.717, 1.165) is 5.56 Å². The van der Waals surface area contributed by atoms with E-state index >= 15 is 0 Å². The van der Waals surface area contributed by atoms with Crippen LogP contribution < -0.4 is 20.5 Å². The molecule has 0 aliphatic heterocycles. The molecular weight excluding hydrogens is 244 g/mol. The zero-order valence-electron chi connectivity index (χ0n) is 11.3. The molecule has 0 aliphatic rings. The normalized spacial score (nSPS) is 11.5. The summed E-state index contributed by atoms with van der Waals surface area (Å²) in [5.41, 5.74) is 6.74. The first kappa shape index (κ1) is 15.0. The van der Waals surface area contributed by atoms with Gasteiger partial charge < -0.3 is 20.5 Å². The van der Waals surface area contributed by atoms with Crippen LogP contribution in [-0.4, -0.2) is 26.2 Å². The van der Waals surface area contributed by atoms with Crippen LogP contribution in [-0.2, 0) is 4.79 Å². The monoisotopic (exact) mass is 264 g/mol. The molecule has 0 aliphatic carbocycles. The fourth-order valence-corrected chi connectivity index (χ4v) is 1.47. The molecule has 0 aromatic heterocycles. The Hall–Kier alpha value is -2.01. The van der Waals surface area contributed by atoms with E-state index in [4.69, 9.17) is 15.2 Å². The van der Waals surface area contributed by atoms with Gasteiger partial charge >= 0.3 is 0 Å². The van der Waals surface area contributed by atoms with E-state index in [0.29, 0.717) is 18.0 Å². The molecule has 5 nitrogen and oxygen atoms in total. The minimum absolute atomic E-state index is 0.0677. The van der Waals surface area contributed by atoms with Crippen molar-refractivity contribution < 1.29 is 14.3 Å². The van der Waals surface area contributed by atoms with Crippen LogP contribution in [0.2, 0.25) is 0 Å². The number of methoxy groups -OCH3 is 1. The molecule has 0 bridgehead atoms. The maximum absolute atomic E-state index is 11.4. The van der Waals surface area contributed by atoms with Crippen molar-refractivity contribution in [2.24, 2.45) is 5.73 Å². The summed E-state index contributed by atoms with van der Waals surface area (Å²) in [6.45, 7) is 5.76. The lowest BCUT2D eigenvalue weighted by Gasteiger charge is -2.13. The Morgan fingerprint density at radius 3 is 2.84 bits per heavy atom. The second-order valence-corrected chi connectivity index (χ2v) is 4.08. The lowest BCUT2D eigenvalue weighted by Crippen LogP contribution is -2.28. The second-order valence-electron chi connectivity index (χ2n) is 4.08. The summed E-state index contributed by atoms with van der Waals surface area (Å²) in [4.78, 5) is 11.4. The number of rotatable bonds is 7. The molecule has 5 heteroatoms. The molecule has 1 aromatic carbocycles. The van der Waals surface area contributed by atoms with Crippen molar-refractivity contribution in [3.63, 3.8) is 0 Å². The first-order valence-corrected chi connectivity index (χ1v) is 6.02. The smallest absolute Gasteiger partial charge is 0.258 e. The van der Waals surface area contributed by atoms with E-state index in [1.54, 1.807) is 19.3 Å². The molecule has 3 N–H and O–H groups in total. The number of benzene rings is 1. The highest BCUT2D eigenvalue weighted by molar-refractivity contribution is 5.77. The predicted octanol–water partition coefficient (Wildman–Crippen LogP) is 1.40. The van der Waals surface area contributed by atoms with Gasteiger partial charge in [0.05, 0.1) is 7.11 Å². The molecule has 0 radical (unpaired) electrons. The Kier molecular flexibility index (Phi) is 5.89. The topological polar surface area (TPSA) is 73.6 Å². The number of nitrogens with one attached hydrogen (secondary N) is 1. The van der Waals surface area contributed by atoms with Crippen molar-refractivity contribution in [2.75, 3.05) is 20.3 Å². The molecule has 0 unspecified atom stereocenters. The second kappa shape index (κ2) is 7.43. The zero-order valence-corrected chi connectivity index (χ0v) is 11.3. The average molecular weight is 264 g/mol. The molecule has 1 atom stereocenters. The van der Waals surface area contributed by atoms with Crippen molar-refractivity contribution in [3.05, 3.63) is 36.4 Å². The van der Waals surface area contributed by atoms with E-state index in [-0.39, 0.29) is 18.6 Å². The number of hydrogen-bond donors (Lipinski definition) is 2. The van der Waals surface area contributed by atoms with Crippen LogP contribution in [0, 0.1) is 0 Å². The lowest BCUT2D eigenvalue weighted by atomic mass is 10.1. The fourth-order valence-electron chi connectivity index (χ4n) is 1.47. The zero-order chi connectivity index (χ0) is 14.3. The molecule has 1 amide bonds. The average Bonchev–Trinajstić information content (AvgIpc) is 2.42. The fraction of sp³-hybridized carbons (Fsp3) is 0.357. The summed E-state index contributed by atoms with van der Waals surface area (Å²) in [5, 5.41) is 2.63. The Balaban J connectivity index is 2.67. The highest BCUT2D eigenvalue weighted by Gasteiger charge is 2.09. The third-order valence-corrected chi connectivity index (χ3v) is 2.52. The molecule has 0 heterocycles. The van der Waals surface area contributed by atoms with Gasteiger partial charge in [-0.1, -0.05) is 12.1 Å². The molecule has 0 saturated heterocycles. The van der Waals surface area contributed by atoms with Gasteiger partial charge in [0.25, 0.3) is 5.91 Å². The van der Waals surface area contributed by atoms with Crippen LogP contribution in [0.1, 0.15) is 18.5 Å². The van der Waals surface area contributed by atoms with E-state index in [1.165, 1.54) is 0 Å². The first-order valence-electron chi connectivity index (χ1n) is 6.02. The highest BCUT2D eigenvalue weighted by atomic mass is 16.5. The third kappa shape index (κ3) is 4.63. The summed E-state index contributed by atoms with van der Waals surface area (Å²) >= 11 is 0. The number of amides is 1. The summed E-state index contributed by atoms with van der Waals surface area (Å²) in [6.07, 6.45) is 1.61. The third-order valence-electron chi connectivity index (χ3n) is 2.52. The van der Waals surface area contributed by atoms with Crippen molar-refractivity contribution in [3.8, 4) is 11.5 Å². The minimum atomic E-state index is -0.210. The molecule has 19 heavy (non-hydrogen) atoms. The molecule has 1 aromatic rings. The standard InChI is InChI=1S/C14H20N2O3/c1-4-7-16-14(17)9-19-12-6-5-11(10(2)15)8-13(12)18-3/h4-6,8,10H,1,7,9,15H2,2-3H3,(H,16,17)/t10-/m0/s1. The van der Waals surface area contributed by atoms with E-state index in [9.17, 15) is 4.79 Å². The number of ether oxygens (including phenoxy) is 2. The minimum Gasteiger partial charge on any atom is -0.493 e. The molecule has 104 valence electrons. The van der Waals surface area contributed by atoms with Crippen LogP contribution in [0.3, 0.4) is 0 Å². The van der Waals surface area contributed by atoms with Crippen LogP contribution in [0.15, 0.2) is 30.9 Å². The van der Waals surface area contributed by atoms with E-state index in [2.05, 4.69) is 11.9 Å². The van der Waals surface area contributed by atoms with Crippen molar-refractivity contribution in [1.29, 1.82) is 0 Å². The van der Waals surface area contributed by atoms with Gasteiger partial charge in [0.2, 0.25) is 0 Å². The van der Waals surface area contributed by atoms with Crippen molar-refractivity contribution in [2.45, 2.75) is 13.0 Å². The first-order chi connectivity index (χ1) is 9.08. The Morgan fingerprint density at radius 2 is 2.26 bits per heavy atom. The maximum atomic E-state index is 11.4. The van der Waals surface area contributed by atoms with E-state index < -0.39 is 0 Å². The van der Waals surface area contributed by atoms with Gasteiger partial charge in [-0.2, -0.15) is 0 Å². The van der Waals surface area contributed by atoms with Crippen molar-refractivity contribution >= 4 is 5.91 Å². The number of nitrogens with two attached hydrogens (primary N) is 1. The predicted molar refractivity (Wildman–Crippen MR) is 74.3 cm³/mol. The Morgan fingerprint density at radius 1 is 1.53 bits per heavy atom. The maximum Gasteiger partial charge on any atom is 0.258 e. The van der Waals surface area contributed by atoms with Gasteiger partial charge in [0.1, 0.15) is 0 Å². The van der Waals surface area contributed by atoms with Crippen molar-refractivity contribution in [1.82, 2.24) is 5.32 Å². The molecule has 1 rings (SSSR count). The summed E-state index contributed by atoms with van der Waals surface area (Å²) in [6, 6.07) is 5.32. The quantitative estimate of drug-likeness (QED) is 0.730. The van der Waals surface area contributed by atoms with Crippen LogP contribution in [0.25, 0.3) is 0 Å². The number of carbonyl (C=O) groups excluding carboxylic acids is 1. The molecular formula is C14H20N2O3. The van der Waals surface area contributed by atoms with Gasteiger partial charge in [-0.15, -0.1) is 6.58 Å². The van der Waals surface area contributed by atoms with Gasteiger partial charge in [0.15, 0.2) is 18.1 Å². The highest BCUT2D eigenvalue weighted by Crippen LogP contribution is 2.29. The Labute approximate surface area is 113 Å². The summed E-state index contributed by atoms with van der Waals surface area (Å²) in [5.74, 6) is 0.866. The summed E-state index contributed by atoms with van der Waals surface area (Å²) < 4.78 is 10.6. The lowest BCUT2D eigenvalue weighted by molar-refractivity contribution is -0.122. The van der Waals surface area contributed by atoms with Gasteiger partial charge in [-0.05, 0) is 24.6 Å². The van der Waals surface area contributed by atoms with Gasteiger partial charge in [-0.25, -0.2) is 0 Å². The van der Waals surface area contributed by atoms with Crippen LogP contribution in [0.4, 0.5) is 0 Å². The SMILES string of the molecule is C=CCNC(=O)COc1ccc([C@H](C)N)cc1OC. The van der Waals surface area contributed by atoms with Crippen LogP contribution >= 0.6 is 0 Å². The van der Waals surface area contributed by atoms with Gasteiger partial charge in [-0.3, -0.25) is 4.79 Å². The van der Waals surface area contributed by atoms with Gasteiger partial charge in [0, 0.05) is 12.6 Å². The van der Waals surface area contributed by atoms with Crippen LogP contribution in [0.5, 0.6) is 11.5 Å². The molecule has 0 saturated carbocycles. The largest absolute Gasteiger partial charge is 0.493 e. The number of hydrogen-bond acceptors (Lipinski definition) is 4. The van der Waals surface area contributed by atoms with E-state index in [1.807, 2.05) is 19.1 Å². The molecule has 0 fully saturated rings. The summed E-state index contributed by atoms with van der Waals surface area (Å²) in [7, 11) is 1.55.